The number of hydrogen-bond acceptors (Lipinski definition) is 8. The molecule has 4 aromatic rings. The van der Waals surface area contributed by atoms with E-state index in [-0.39, 0.29) is 18.3 Å². The maximum atomic E-state index is 14.1. The maximum Gasteiger partial charge on any atom is 0.338 e. The Morgan fingerprint density at radius 1 is 1.05 bits per heavy atom. The van der Waals surface area contributed by atoms with Crippen molar-refractivity contribution in [3.63, 3.8) is 0 Å². The van der Waals surface area contributed by atoms with Crippen molar-refractivity contribution in [1.29, 1.82) is 0 Å². The Hall–Kier alpha value is -4.37. The van der Waals surface area contributed by atoms with Crippen LogP contribution in [0.4, 0.5) is 0 Å². The summed E-state index contributed by atoms with van der Waals surface area (Å²) in [5, 5.41) is 1.99. The maximum absolute atomic E-state index is 14.1. The normalized spacial score (nSPS) is 15.1. The van der Waals surface area contributed by atoms with Gasteiger partial charge < -0.3 is 18.9 Å². The lowest BCUT2D eigenvalue weighted by molar-refractivity contribution is -0.139. The van der Waals surface area contributed by atoms with Crippen molar-refractivity contribution in [3.05, 3.63) is 96.7 Å². The standard InChI is InChI=1S/C32H32N2O6S/c1-7-39-31(36)28-19(4)33-32-34(29(28)21-13-15-25(40-18(2)3)26(16-21)38-6)30(35)27(41-32)17-23-22-11-9-8-10-20(22)12-14-24(23)37-5/h8-18,29H,7H2,1-6H3/b27-17+/t29-/m0/s1. The summed E-state index contributed by atoms with van der Waals surface area (Å²) < 4.78 is 24.6. The number of esters is 1. The number of hydrogen-bond donors (Lipinski definition) is 0. The third kappa shape index (κ3) is 5.25. The Balaban J connectivity index is 1.76. The highest BCUT2D eigenvalue weighted by atomic mass is 32.1. The number of ether oxygens (including phenoxy) is 4. The second-order valence-corrected chi connectivity index (χ2v) is 10.8. The van der Waals surface area contributed by atoms with E-state index in [9.17, 15) is 9.59 Å². The number of methoxy groups -OCH3 is 2. The minimum atomic E-state index is -0.774. The van der Waals surface area contributed by atoms with Gasteiger partial charge in [0, 0.05) is 5.56 Å². The molecule has 0 fully saturated rings. The zero-order chi connectivity index (χ0) is 29.3. The van der Waals surface area contributed by atoms with Gasteiger partial charge in [-0.15, -0.1) is 0 Å². The fraction of sp³-hybridized carbons (Fsp3) is 0.281. The summed E-state index contributed by atoms with van der Waals surface area (Å²) in [5.41, 5.74) is 1.99. The summed E-state index contributed by atoms with van der Waals surface area (Å²) in [6.45, 7) is 7.56. The minimum absolute atomic E-state index is 0.0595. The smallest absolute Gasteiger partial charge is 0.338 e. The fourth-order valence-electron chi connectivity index (χ4n) is 5.05. The Bertz CT molecular complexity index is 1850. The first-order chi connectivity index (χ1) is 19.8. The second kappa shape index (κ2) is 11.6. The molecule has 0 unspecified atom stereocenters. The topological polar surface area (TPSA) is 88.4 Å². The summed E-state index contributed by atoms with van der Waals surface area (Å²) in [5.74, 6) is 1.20. The predicted molar refractivity (Wildman–Crippen MR) is 160 cm³/mol. The van der Waals surface area contributed by atoms with Crippen LogP contribution in [0.1, 0.15) is 44.9 Å². The van der Waals surface area contributed by atoms with E-state index >= 15 is 0 Å². The van der Waals surface area contributed by atoms with Crippen molar-refractivity contribution >= 4 is 34.2 Å². The predicted octanol–water partition coefficient (Wildman–Crippen LogP) is 4.76. The molecule has 212 valence electrons. The van der Waals surface area contributed by atoms with Crippen LogP contribution in [0.5, 0.6) is 17.2 Å². The molecule has 0 amide bonds. The quantitative estimate of drug-likeness (QED) is 0.283. The van der Waals surface area contributed by atoms with Gasteiger partial charge in [-0.2, -0.15) is 0 Å². The second-order valence-electron chi connectivity index (χ2n) is 9.78. The SMILES string of the molecule is CCOC(=O)C1=C(C)N=c2s/c(=C/c3c(OC)ccc4ccccc34)c(=O)n2[C@H]1c1ccc(OC(C)C)c(OC)c1. The summed E-state index contributed by atoms with van der Waals surface area (Å²) in [7, 11) is 3.17. The number of aromatic nitrogens is 1. The summed E-state index contributed by atoms with van der Waals surface area (Å²) in [6, 6.07) is 16.5. The Kier molecular flexibility index (Phi) is 7.99. The zero-order valence-electron chi connectivity index (χ0n) is 23.9. The molecule has 0 radical (unpaired) electrons. The Labute approximate surface area is 241 Å². The monoisotopic (exact) mass is 572 g/mol. The summed E-state index contributed by atoms with van der Waals surface area (Å²) in [6.07, 6.45) is 1.78. The minimum Gasteiger partial charge on any atom is -0.496 e. The van der Waals surface area contributed by atoms with Crippen molar-refractivity contribution in [2.24, 2.45) is 4.99 Å². The highest BCUT2D eigenvalue weighted by Gasteiger charge is 2.34. The molecule has 3 aromatic carbocycles. The van der Waals surface area contributed by atoms with Crippen molar-refractivity contribution < 1.29 is 23.7 Å². The van der Waals surface area contributed by atoms with Crippen molar-refractivity contribution in [2.75, 3.05) is 20.8 Å². The molecule has 0 saturated carbocycles. The van der Waals surface area contributed by atoms with Gasteiger partial charge in [0.15, 0.2) is 16.3 Å². The molecule has 8 nitrogen and oxygen atoms in total. The third-order valence-electron chi connectivity index (χ3n) is 6.81. The molecule has 0 N–H and O–H groups in total. The highest BCUT2D eigenvalue weighted by molar-refractivity contribution is 7.07. The van der Waals surface area contributed by atoms with Crippen molar-refractivity contribution in [3.8, 4) is 17.2 Å². The van der Waals surface area contributed by atoms with E-state index in [1.807, 2.05) is 62.4 Å². The van der Waals surface area contributed by atoms with Crippen LogP contribution in [-0.2, 0) is 9.53 Å². The van der Waals surface area contributed by atoms with Crippen LogP contribution in [0.25, 0.3) is 16.8 Å². The molecule has 9 heteroatoms. The van der Waals surface area contributed by atoms with E-state index in [4.69, 9.17) is 18.9 Å². The third-order valence-corrected chi connectivity index (χ3v) is 7.79. The van der Waals surface area contributed by atoms with E-state index in [1.54, 1.807) is 44.8 Å². The molecule has 1 atom stereocenters. The Morgan fingerprint density at radius 3 is 2.49 bits per heavy atom. The average Bonchev–Trinajstić information content (AvgIpc) is 3.26. The Morgan fingerprint density at radius 2 is 1.78 bits per heavy atom. The van der Waals surface area contributed by atoms with Crippen LogP contribution in [0.3, 0.4) is 0 Å². The number of thiazole rings is 1. The summed E-state index contributed by atoms with van der Waals surface area (Å²) >= 11 is 1.27. The van der Waals surface area contributed by atoms with E-state index in [1.165, 1.54) is 11.3 Å². The molecule has 41 heavy (non-hydrogen) atoms. The van der Waals surface area contributed by atoms with Gasteiger partial charge in [0.2, 0.25) is 0 Å². The summed E-state index contributed by atoms with van der Waals surface area (Å²) in [4.78, 5) is 32.6. The van der Waals surface area contributed by atoms with Crippen LogP contribution in [0, 0.1) is 0 Å². The van der Waals surface area contributed by atoms with E-state index < -0.39 is 12.0 Å². The number of allylic oxidation sites excluding steroid dienone is 1. The van der Waals surface area contributed by atoms with E-state index in [0.29, 0.717) is 43.4 Å². The fourth-order valence-corrected chi connectivity index (χ4v) is 6.07. The van der Waals surface area contributed by atoms with Crippen molar-refractivity contribution in [1.82, 2.24) is 4.57 Å². The molecule has 0 spiro atoms. The van der Waals surface area contributed by atoms with Gasteiger partial charge in [-0.1, -0.05) is 47.7 Å². The highest BCUT2D eigenvalue weighted by Crippen LogP contribution is 2.36. The van der Waals surface area contributed by atoms with Gasteiger partial charge in [-0.25, -0.2) is 9.79 Å². The first kappa shape index (κ1) is 28.2. The van der Waals surface area contributed by atoms with E-state index in [2.05, 4.69) is 4.99 Å². The van der Waals surface area contributed by atoms with Crippen LogP contribution >= 0.6 is 11.3 Å². The van der Waals surface area contributed by atoms with Crippen LogP contribution in [0.15, 0.2) is 75.7 Å². The number of carbonyl (C=O) groups is 1. The van der Waals surface area contributed by atoms with Gasteiger partial charge in [-0.3, -0.25) is 9.36 Å². The molecule has 0 bridgehead atoms. The van der Waals surface area contributed by atoms with Gasteiger partial charge in [-0.05, 0) is 68.3 Å². The zero-order valence-corrected chi connectivity index (χ0v) is 24.7. The van der Waals surface area contributed by atoms with Crippen LogP contribution < -0.4 is 29.1 Å². The number of rotatable bonds is 8. The molecule has 5 rings (SSSR count). The van der Waals surface area contributed by atoms with Crippen molar-refractivity contribution in [2.45, 2.75) is 39.8 Å². The molecular weight excluding hydrogens is 540 g/mol. The first-order valence-corrected chi connectivity index (χ1v) is 14.2. The number of fused-ring (bicyclic) bond motifs is 2. The lowest BCUT2D eigenvalue weighted by Crippen LogP contribution is -2.40. The molecule has 0 saturated heterocycles. The van der Waals surface area contributed by atoms with Gasteiger partial charge in [0.25, 0.3) is 5.56 Å². The molecule has 1 aliphatic heterocycles. The van der Waals surface area contributed by atoms with E-state index in [0.717, 1.165) is 16.3 Å². The molecular formula is C32H32N2O6S. The molecule has 2 heterocycles. The molecule has 1 aromatic heterocycles. The lowest BCUT2D eigenvalue weighted by Gasteiger charge is -2.25. The molecule has 1 aliphatic rings. The number of nitrogens with zero attached hydrogens (tertiary/aromatic N) is 2. The van der Waals surface area contributed by atoms with Gasteiger partial charge in [0.1, 0.15) is 5.75 Å². The average molecular weight is 573 g/mol. The van der Waals surface area contributed by atoms with Crippen LogP contribution in [0.2, 0.25) is 0 Å². The molecule has 0 aliphatic carbocycles. The lowest BCUT2D eigenvalue weighted by atomic mass is 9.95. The van der Waals surface area contributed by atoms with Gasteiger partial charge >= 0.3 is 5.97 Å². The number of benzene rings is 3. The first-order valence-electron chi connectivity index (χ1n) is 13.4. The number of carbonyl (C=O) groups excluding carboxylic acids is 1. The van der Waals surface area contributed by atoms with Gasteiger partial charge in [0.05, 0.1) is 48.8 Å². The van der Waals surface area contributed by atoms with Crippen LogP contribution in [-0.4, -0.2) is 37.5 Å². The largest absolute Gasteiger partial charge is 0.496 e.